The average molecular weight is 313 g/mol. The van der Waals surface area contributed by atoms with Crippen molar-refractivity contribution in [2.24, 2.45) is 5.92 Å². The molecule has 0 radical (unpaired) electrons. The molecule has 1 aromatic rings. The summed E-state index contributed by atoms with van der Waals surface area (Å²) in [7, 11) is 0. The summed E-state index contributed by atoms with van der Waals surface area (Å²) >= 11 is 3.43. The molecule has 1 aliphatic rings. The van der Waals surface area contributed by atoms with E-state index in [2.05, 4.69) is 39.2 Å². The minimum Gasteiger partial charge on any atom is -0.394 e. The fourth-order valence-corrected chi connectivity index (χ4v) is 3.27. The van der Waals surface area contributed by atoms with Crippen molar-refractivity contribution in [2.75, 3.05) is 6.61 Å². The summed E-state index contributed by atoms with van der Waals surface area (Å²) in [5.74, 6) is 0.694. The van der Waals surface area contributed by atoms with Gasteiger partial charge >= 0.3 is 0 Å². The monoisotopic (exact) mass is 312 g/mol. The van der Waals surface area contributed by atoms with Crippen molar-refractivity contribution in [1.29, 1.82) is 0 Å². The summed E-state index contributed by atoms with van der Waals surface area (Å²) in [4.78, 5) is 4.16. The van der Waals surface area contributed by atoms with Gasteiger partial charge in [0.25, 0.3) is 0 Å². The molecule has 100 valence electrons. The van der Waals surface area contributed by atoms with Gasteiger partial charge in [-0.1, -0.05) is 19.8 Å². The van der Waals surface area contributed by atoms with Gasteiger partial charge in [-0.25, -0.2) is 0 Å². The Labute approximate surface area is 117 Å². The minimum atomic E-state index is -0.0972. The lowest BCUT2D eigenvalue weighted by Gasteiger charge is -2.39. The molecular formula is C14H21BrN2O. The smallest absolute Gasteiger partial charge is 0.0613 e. The van der Waals surface area contributed by atoms with Crippen molar-refractivity contribution >= 4 is 15.9 Å². The van der Waals surface area contributed by atoms with E-state index in [9.17, 15) is 5.11 Å². The predicted octanol–water partition coefficient (Wildman–Crippen LogP) is 2.87. The Morgan fingerprint density at radius 2 is 2.39 bits per heavy atom. The van der Waals surface area contributed by atoms with Crippen LogP contribution in [0.3, 0.4) is 0 Å². The topological polar surface area (TPSA) is 45.1 Å². The van der Waals surface area contributed by atoms with E-state index in [1.54, 1.807) is 6.20 Å². The summed E-state index contributed by atoms with van der Waals surface area (Å²) in [6, 6.07) is 2.07. The number of rotatable bonds is 4. The minimum absolute atomic E-state index is 0.0972. The Bertz CT molecular complexity index is 399. The van der Waals surface area contributed by atoms with Crippen LogP contribution in [-0.4, -0.2) is 22.2 Å². The quantitative estimate of drug-likeness (QED) is 0.898. The maximum absolute atomic E-state index is 9.70. The van der Waals surface area contributed by atoms with Crippen molar-refractivity contribution in [2.45, 2.75) is 44.7 Å². The second-order valence-corrected chi connectivity index (χ2v) is 6.42. The van der Waals surface area contributed by atoms with Crippen molar-refractivity contribution < 1.29 is 5.11 Å². The van der Waals surface area contributed by atoms with Crippen LogP contribution in [0.5, 0.6) is 0 Å². The van der Waals surface area contributed by atoms with E-state index >= 15 is 0 Å². The van der Waals surface area contributed by atoms with Gasteiger partial charge in [0, 0.05) is 29.0 Å². The molecule has 2 rings (SSSR count). The van der Waals surface area contributed by atoms with Crippen LogP contribution < -0.4 is 5.32 Å². The molecule has 0 saturated heterocycles. The lowest BCUT2D eigenvalue weighted by molar-refractivity contribution is 0.0982. The fraction of sp³-hybridized carbons (Fsp3) is 0.643. The summed E-state index contributed by atoms with van der Waals surface area (Å²) in [6.07, 6.45) is 8.26. The predicted molar refractivity (Wildman–Crippen MR) is 76.2 cm³/mol. The van der Waals surface area contributed by atoms with Gasteiger partial charge in [0.1, 0.15) is 0 Å². The van der Waals surface area contributed by atoms with E-state index < -0.39 is 0 Å². The average Bonchev–Trinajstić information content (AvgIpc) is 2.37. The van der Waals surface area contributed by atoms with Gasteiger partial charge in [0.05, 0.1) is 6.61 Å². The van der Waals surface area contributed by atoms with Crippen LogP contribution in [0.2, 0.25) is 0 Å². The van der Waals surface area contributed by atoms with Gasteiger partial charge in [-0.05, 0) is 46.3 Å². The largest absolute Gasteiger partial charge is 0.394 e. The van der Waals surface area contributed by atoms with Crippen LogP contribution in [0.25, 0.3) is 0 Å². The van der Waals surface area contributed by atoms with Crippen LogP contribution in [-0.2, 0) is 6.54 Å². The molecule has 1 fully saturated rings. The molecule has 4 heteroatoms. The number of aliphatic hydroxyl groups excluding tert-OH is 1. The van der Waals surface area contributed by atoms with Gasteiger partial charge in [-0.15, -0.1) is 0 Å². The van der Waals surface area contributed by atoms with Crippen LogP contribution >= 0.6 is 15.9 Å². The van der Waals surface area contributed by atoms with Gasteiger partial charge in [0.15, 0.2) is 0 Å². The van der Waals surface area contributed by atoms with Gasteiger partial charge in [-0.3, -0.25) is 4.98 Å². The third-order valence-corrected chi connectivity index (χ3v) is 4.26. The SMILES string of the molecule is CC1CCCC(CO)(NCc2cncc(Br)c2)C1. The van der Waals surface area contributed by atoms with Crippen molar-refractivity contribution in [3.8, 4) is 0 Å². The van der Waals surface area contributed by atoms with E-state index in [1.807, 2.05) is 6.20 Å². The van der Waals surface area contributed by atoms with Crippen LogP contribution in [0.15, 0.2) is 22.9 Å². The zero-order chi connectivity index (χ0) is 13.0. The second kappa shape index (κ2) is 6.13. The van der Waals surface area contributed by atoms with E-state index in [0.717, 1.165) is 29.4 Å². The molecule has 0 spiro atoms. The number of nitrogens with zero attached hydrogens (tertiary/aromatic N) is 1. The Hall–Kier alpha value is -0.450. The number of pyridine rings is 1. The highest BCUT2D eigenvalue weighted by molar-refractivity contribution is 9.10. The highest BCUT2D eigenvalue weighted by Crippen LogP contribution is 2.32. The van der Waals surface area contributed by atoms with Gasteiger partial charge < -0.3 is 10.4 Å². The highest BCUT2D eigenvalue weighted by Gasteiger charge is 2.33. The molecule has 1 aliphatic carbocycles. The molecule has 0 bridgehead atoms. The van der Waals surface area contributed by atoms with Crippen LogP contribution in [0.1, 0.15) is 38.2 Å². The number of nitrogens with one attached hydrogen (secondary N) is 1. The molecular weight excluding hydrogens is 292 g/mol. The van der Waals surface area contributed by atoms with Gasteiger partial charge in [0.2, 0.25) is 0 Å². The summed E-state index contributed by atoms with van der Waals surface area (Å²) in [5.41, 5.74) is 1.05. The first-order valence-electron chi connectivity index (χ1n) is 6.59. The lowest BCUT2D eigenvalue weighted by atomic mass is 9.77. The Morgan fingerprint density at radius 1 is 1.56 bits per heavy atom. The van der Waals surface area contributed by atoms with E-state index in [1.165, 1.54) is 12.8 Å². The molecule has 1 aromatic heterocycles. The van der Waals surface area contributed by atoms with Crippen LogP contribution in [0, 0.1) is 5.92 Å². The number of halogens is 1. The standard InChI is InChI=1S/C14H21BrN2O/c1-11-3-2-4-14(6-11,10-18)17-8-12-5-13(15)9-16-7-12/h5,7,9,11,17-18H,2-4,6,8,10H2,1H3. The zero-order valence-corrected chi connectivity index (χ0v) is 12.4. The molecule has 18 heavy (non-hydrogen) atoms. The number of aromatic nitrogens is 1. The number of hydrogen-bond acceptors (Lipinski definition) is 3. The maximum atomic E-state index is 9.70. The molecule has 3 nitrogen and oxygen atoms in total. The van der Waals surface area contributed by atoms with Crippen molar-refractivity contribution in [3.05, 3.63) is 28.5 Å². The molecule has 2 atom stereocenters. The summed E-state index contributed by atoms with van der Waals surface area (Å²) < 4.78 is 0.997. The molecule has 2 N–H and O–H groups in total. The lowest BCUT2D eigenvalue weighted by Crippen LogP contribution is -2.51. The van der Waals surface area contributed by atoms with E-state index in [0.29, 0.717) is 5.92 Å². The van der Waals surface area contributed by atoms with E-state index in [4.69, 9.17) is 0 Å². The second-order valence-electron chi connectivity index (χ2n) is 5.50. The first-order valence-corrected chi connectivity index (χ1v) is 7.38. The highest BCUT2D eigenvalue weighted by atomic mass is 79.9. The number of hydrogen-bond donors (Lipinski definition) is 2. The molecule has 2 unspecified atom stereocenters. The molecule has 0 aliphatic heterocycles. The number of aliphatic hydroxyl groups is 1. The molecule has 1 heterocycles. The first kappa shape index (κ1) is 14.0. The first-order chi connectivity index (χ1) is 8.63. The Balaban J connectivity index is 1.98. The Morgan fingerprint density at radius 3 is 3.06 bits per heavy atom. The van der Waals surface area contributed by atoms with Crippen molar-refractivity contribution in [1.82, 2.24) is 10.3 Å². The molecule has 0 aromatic carbocycles. The Kier molecular flexibility index (Phi) is 4.76. The fourth-order valence-electron chi connectivity index (χ4n) is 2.86. The maximum Gasteiger partial charge on any atom is 0.0613 e. The third kappa shape index (κ3) is 3.53. The van der Waals surface area contributed by atoms with Crippen LogP contribution in [0.4, 0.5) is 0 Å². The van der Waals surface area contributed by atoms with Gasteiger partial charge in [-0.2, -0.15) is 0 Å². The zero-order valence-electron chi connectivity index (χ0n) is 10.8. The molecule has 0 amide bonds. The van der Waals surface area contributed by atoms with Crippen molar-refractivity contribution in [3.63, 3.8) is 0 Å². The third-order valence-electron chi connectivity index (χ3n) is 3.82. The summed E-state index contributed by atoms with van der Waals surface area (Å²) in [5, 5.41) is 13.3. The summed E-state index contributed by atoms with van der Waals surface area (Å²) in [6.45, 7) is 3.25. The molecule has 1 saturated carbocycles. The normalized spacial score (nSPS) is 28.3. The van der Waals surface area contributed by atoms with E-state index in [-0.39, 0.29) is 12.1 Å².